The van der Waals surface area contributed by atoms with Crippen molar-refractivity contribution in [3.8, 4) is 0 Å². The summed E-state index contributed by atoms with van der Waals surface area (Å²) in [5, 5.41) is 5.72. The highest BCUT2D eigenvalue weighted by Crippen LogP contribution is 2.37. The lowest BCUT2D eigenvalue weighted by Crippen LogP contribution is -2.29. The van der Waals surface area contributed by atoms with Gasteiger partial charge in [0.1, 0.15) is 17.0 Å². The summed E-state index contributed by atoms with van der Waals surface area (Å²) in [4.78, 5) is 24.9. The number of hydrogen-bond acceptors (Lipinski definition) is 6. The van der Waals surface area contributed by atoms with Crippen molar-refractivity contribution < 1.29 is 26.7 Å². The molecule has 8 nitrogen and oxygen atoms in total. The molecule has 4 rings (SSSR count). The molecule has 0 radical (unpaired) electrons. The van der Waals surface area contributed by atoms with E-state index in [4.69, 9.17) is 5.73 Å². The Balaban J connectivity index is 1.72. The zero-order chi connectivity index (χ0) is 27.2. The molecule has 0 aliphatic heterocycles. The highest BCUT2D eigenvalue weighted by Gasteiger charge is 2.30. The maximum absolute atomic E-state index is 14.5. The maximum atomic E-state index is 14.5. The highest BCUT2D eigenvalue weighted by atomic mass is 19.2. The topological polar surface area (TPSA) is 111 Å². The number of fused-ring (bicyclic) bond motifs is 1. The van der Waals surface area contributed by atoms with Gasteiger partial charge >= 0.3 is 0 Å². The van der Waals surface area contributed by atoms with Crippen LogP contribution in [0.3, 0.4) is 0 Å². The average Bonchev–Trinajstić information content (AvgIpc) is 3.27. The van der Waals surface area contributed by atoms with Gasteiger partial charge < -0.3 is 16.4 Å². The summed E-state index contributed by atoms with van der Waals surface area (Å²) in [5.74, 6) is -4.05. The first-order valence-corrected chi connectivity index (χ1v) is 12.7. The molecule has 206 valence electrons. The summed E-state index contributed by atoms with van der Waals surface area (Å²) >= 11 is 0. The molecule has 38 heavy (non-hydrogen) atoms. The number of aromatic nitrogens is 4. The van der Waals surface area contributed by atoms with Gasteiger partial charge in [0.05, 0.1) is 19.5 Å². The molecule has 0 atom stereocenters. The number of nitrogens with zero attached hydrogens (tertiary/aromatic N) is 4. The van der Waals surface area contributed by atoms with Gasteiger partial charge in [-0.15, -0.1) is 0 Å². The van der Waals surface area contributed by atoms with E-state index in [-0.39, 0.29) is 35.8 Å². The van der Waals surface area contributed by atoms with E-state index in [1.54, 1.807) is 4.57 Å². The minimum absolute atomic E-state index is 0.0313. The van der Waals surface area contributed by atoms with Gasteiger partial charge in [0.15, 0.2) is 17.3 Å². The number of rotatable bonds is 12. The molecule has 1 aromatic carbocycles. The van der Waals surface area contributed by atoms with Crippen LogP contribution in [0.5, 0.6) is 0 Å². The molecule has 1 fully saturated rings. The molecule has 3 aromatic rings. The molecular formula is C25H30F5N7O. The third kappa shape index (κ3) is 6.13. The summed E-state index contributed by atoms with van der Waals surface area (Å²) in [7, 11) is 0. The molecule has 1 amide bonds. The Morgan fingerprint density at radius 1 is 1.03 bits per heavy atom. The molecule has 0 unspecified atom stereocenters. The first-order valence-electron chi connectivity index (χ1n) is 12.7. The summed E-state index contributed by atoms with van der Waals surface area (Å²) in [6, 6.07) is 0.988. The van der Waals surface area contributed by atoms with Crippen LogP contribution in [-0.2, 0) is 4.79 Å². The molecule has 0 spiro atoms. The van der Waals surface area contributed by atoms with Crippen LogP contribution < -0.4 is 16.4 Å². The summed E-state index contributed by atoms with van der Waals surface area (Å²) in [6.45, 7) is -1.01. The predicted molar refractivity (Wildman–Crippen MR) is 133 cm³/mol. The van der Waals surface area contributed by atoms with E-state index in [9.17, 15) is 26.7 Å². The van der Waals surface area contributed by atoms with Crippen molar-refractivity contribution in [2.24, 2.45) is 11.7 Å². The van der Waals surface area contributed by atoms with Crippen LogP contribution in [0.1, 0.15) is 57.4 Å². The van der Waals surface area contributed by atoms with Crippen LogP contribution in [0, 0.1) is 23.4 Å². The average molecular weight is 540 g/mol. The van der Waals surface area contributed by atoms with Gasteiger partial charge in [-0.05, 0) is 63.5 Å². The number of carbonyl (C=O) groups excluding carboxylic acids is 1. The van der Waals surface area contributed by atoms with Gasteiger partial charge in [0.2, 0.25) is 17.8 Å². The number of primary amides is 1. The highest BCUT2D eigenvalue weighted by molar-refractivity contribution is 5.78. The zero-order valence-electron chi connectivity index (χ0n) is 20.7. The number of benzene rings is 1. The van der Waals surface area contributed by atoms with E-state index < -0.39 is 36.5 Å². The molecule has 4 N–H and O–H groups in total. The van der Waals surface area contributed by atoms with Crippen molar-refractivity contribution in [1.82, 2.24) is 19.5 Å². The molecule has 1 aliphatic rings. The van der Waals surface area contributed by atoms with Crippen molar-refractivity contribution in [3.63, 3.8) is 0 Å². The van der Waals surface area contributed by atoms with E-state index in [2.05, 4.69) is 25.6 Å². The fourth-order valence-corrected chi connectivity index (χ4v) is 4.88. The number of imidazole rings is 1. The van der Waals surface area contributed by atoms with E-state index in [0.717, 1.165) is 6.07 Å². The van der Waals surface area contributed by atoms with Crippen molar-refractivity contribution in [2.45, 2.75) is 63.5 Å². The Morgan fingerprint density at radius 2 is 1.68 bits per heavy atom. The van der Waals surface area contributed by atoms with E-state index in [1.807, 2.05) is 0 Å². The number of amides is 1. The second kappa shape index (κ2) is 12.4. The van der Waals surface area contributed by atoms with E-state index >= 15 is 0 Å². The third-order valence-corrected chi connectivity index (χ3v) is 6.88. The Kier molecular flexibility index (Phi) is 8.95. The van der Waals surface area contributed by atoms with E-state index in [1.165, 1.54) is 6.20 Å². The van der Waals surface area contributed by atoms with Gasteiger partial charge in [0, 0.05) is 18.0 Å². The van der Waals surface area contributed by atoms with Gasteiger partial charge in [0.25, 0.3) is 0 Å². The molecule has 2 aromatic heterocycles. The second-order valence-corrected chi connectivity index (χ2v) is 9.46. The molecule has 1 aliphatic carbocycles. The minimum Gasteiger partial charge on any atom is -0.369 e. The quantitative estimate of drug-likeness (QED) is 0.208. The normalized spacial score (nSPS) is 17.7. The molecular weight excluding hydrogens is 509 g/mol. The van der Waals surface area contributed by atoms with Crippen LogP contribution in [0.25, 0.3) is 11.2 Å². The number of anilines is 3. The monoisotopic (exact) mass is 539 g/mol. The molecule has 13 heteroatoms. The Labute approximate surface area is 216 Å². The third-order valence-electron chi connectivity index (χ3n) is 6.88. The number of nitrogens with two attached hydrogens (primary N) is 1. The van der Waals surface area contributed by atoms with Crippen LogP contribution in [0.2, 0.25) is 0 Å². The van der Waals surface area contributed by atoms with Crippen molar-refractivity contribution in [3.05, 3.63) is 35.8 Å². The maximum Gasteiger partial charge on any atom is 0.224 e. The Hall–Kier alpha value is -3.51. The van der Waals surface area contributed by atoms with Gasteiger partial charge in [-0.1, -0.05) is 0 Å². The lowest BCUT2D eigenvalue weighted by molar-refractivity contribution is -0.122. The SMILES string of the molecule is NC(=O)C1CCC(n2c(Nc3c(F)ccc(F)c3F)nc3cnc(NC(CCCF)CCCF)nc32)CC1. The minimum atomic E-state index is -1.39. The fraction of sp³-hybridized carbons (Fsp3) is 0.520. The van der Waals surface area contributed by atoms with Crippen molar-refractivity contribution in [2.75, 3.05) is 24.0 Å². The summed E-state index contributed by atoms with van der Waals surface area (Å²) in [6.07, 6.45) is 4.99. The van der Waals surface area contributed by atoms with Gasteiger partial charge in [-0.2, -0.15) is 4.98 Å². The summed E-state index contributed by atoms with van der Waals surface area (Å²) in [5.41, 5.74) is 5.44. The largest absolute Gasteiger partial charge is 0.369 e. The number of nitrogens with one attached hydrogen (secondary N) is 2. The number of halogens is 5. The lowest BCUT2D eigenvalue weighted by Gasteiger charge is -2.29. The standard InChI is InChI=1S/C25H30F5N7O/c26-11-1-3-15(4-2-12-27)33-24-32-13-19-23(36-24)37(16-7-5-14(6-8-16)22(31)38)25(34-19)35-21-18(29)10-9-17(28)20(21)30/h9-10,13-16H,1-8,11-12H2,(H2,31,38)(H,34,35)(H,32,33,36). The molecule has 1 saturated carbocycles. The van der Waals surface area contributed by atoms with E-state index in [0.29, 0.717) is 68.6 Å². The molecule has 0 bridgehead atoms. The molecule has 2 heterocycles. The van der Waals surface area contributed by atoms with Gasteiger partial charge in [-0.3, -0.25) is 18.1 Å². The Bertz CT molecular complexity index is 1250. The zero-order valence-corrected chi connectivity index (χ0v) is 20.7. The fourth-order valence-electron chi connectivity index (χ4n) is 4.88. The first kappa shape index (κ1) is 27.5. The second-order valence-electron chi connectivity index (χ2n) is 9.46. The number of hydrogen-bond donors (Lipinski definition) is 3. The van der Waals surface area contributed by atoms with Crippen LogP contribution in [0.15, 0.2) is 18.3 Å². The predicted octanol–water partition coefficient (Wildman–Crippen LogP) is 5.48. The van der Waals surface area contributed by atoms with Gasteiger partial charge in [-0.25, -0.2) is 23.1 Å². The first-order chi connectivity index (χ1) is 18.3. The van der Waals surface area contributed by atoms with Crippen molar-refractivity contribution >= 4 is 34.7 Å². The van der Waals surface area contributed by atoms with Crippen LogP contribution >= 0.6 is 0 Å². The number of carbonyl (C=O) groups is 1. The Morgan fingerprint density at radius 3 is 2.32 bits per heavy atom. The van der Waals surface area contributed by atoms with Crippen LogP contribution in [-0.4, -0.2) is 44.8 Å². The smallest absolute Gasteiger partial charge is 0.224 e. The van der Waals surface area contributed by atoms with Crippen molar-refractivity contribution in [1.29, 1.82) is 0 Å². The van der Waals surface area contributed by atoms with Crippen LogP contribution in [0.4, 0.5) is 39.5 Å². The summed E-state index contributed by atoms with van der Waals surface area (Å²) < 4.78 is 70.0. The number of alkyl halides is 2. The lowest BCUT2D eigenvalue weighted by atomic mass is 9.85. The molecule has 0 saturated heterocycles.